The van der Waals surface area contributed by atoms with Crippen LogP contribution < -0.4 is 11.2 Å². The Kier molecular flexibility index (Phi) is 8.00. The number of hydrogen-bond acceptors (Lipinski definition) is 6. The zero-order valence-corrected chi connectivity index (χ0v) is 16.5. The Balaban J connectivity index is 0.000000277. The van der Waals surface area contributed by atoms with Crippen LogP contribution in [0.15, 0.2) is 48.5 Å². The van der Waals surface area contributed by atoms with Crippen LogP contribution in [-0.4, -0.2) is 51.1 Å². The van der Waals surface area contributed by atoms with E-state index < -0.39 is 31.0 Å². The van der Waals surface area contributed by atoms with Gasteiger partial charge in [-0.1, -0.05) is 36.4 Å². The fourth-order valence-electron chi connectivity index (χ4n) is 2.58. The lowest BCUT2D eigenvalue weighted by Crippen LogP contribution is -2.39. The molecule has 176 valence electrons. The van der Waals surface area contributed by atoms with E-state index in [1.807, 2.05) is 36.4 Å². The molecule has 0 unspecified atom stereocenters. The van der Waals surface area contributed by atoms with Crippen LogP contribution in [0.2, 0.25) is 0 Å². The largest absolute Gasteiger partial charge is 0.488 e. The van der Waals surface area contributed by atoms with E-state index in [1.54, 1.807) is 12.1 Å². The molecule has 0 bridgehead atoms. The first-order valence-electron chi connectivity index (χ1n) is 9.08. The lowest BCUT2D eigenvalue weighted by atomic mass is 9.80. The van der Waals surface area contributed by atoms with E-state index in [0.29, 0.717) is 11.9 Å². The lowest BCUT2D eigenvalue weighted by Gasteiger charge is -2.09. The third-order valence-electron chi connectivity index (χ3n) is 4.21. The first kappa shape index (κ1) is 26.0. The predicted octanol–water partition coefficient (Wildman–Crippen LogP) is 1.73. The Labute approximate surface area is 182 Å². The van der Waals surface area contributed by atoms with Crippen molar-refractivity contribution >= 4 is 35.2 Å². The average molecular weight is 475 g/mol. The minimum absolute atomic E-state index is 0.234. The number of Topliss-reactive ketones (excluding diaryl/α,β-unsaturated/α-hetero) is 2. The average Bonchev–Trinajstić information content (AvgIpc) is 3.16. The number of aromatic amines is 1. The summed E-state index contributed by atoms with van der Waals surface area (Å²) in [7, 11) is -1.44. The van der Waals surface area contributed by atoms with Crippen LogP contribution in [0.1, 0.15) is 17.4 Å². The Bertz CT molecular complexity index is 1060. The fourth-order valence-corrected chi connectivity index (χ4v) is 2.58. The molecule has 2 aromatic carbocycles. The Hall–Kier alpha value is -3.23. The summed E-state index contributed by atoms with van der Waals surface area (Å²) in [5.41, 5.74) is 9.56. The number of carbonyl (C=O) groups excluding carboxylic acids is 2. The number of imidazole rings is 1. The number of fused-ring (bicyclic) bond motifs is 1. The molecule has 7 nitrogen and oxygen atoms in total. The second-order valence-electron chi connectivity index (χ2n) is 6.72. The summed E-state index contributed by atoms with van der Waals surface area (Å²) in [5, 5.41) is 18.1. The van der Waals surface area contributed by atoms with Gasteiger partial charge in [-0.05, 0) is 29.6 Å². The van der Waals surface area contributed by atoms with E-state index in [9.17, 15) is 35.9 Å². The van der Waals surface area contributed by atoms with Gasteiger partial charge in [0.1, 0.15) is 5.82 Å². The minimum Gasteiger partial charge on any atom is -0.423 e. The second-order valence-corrected chi connectivity index (χ2v) is 6.72. The van der Waals surface area contributed by atoms with Gasteiger partial charge in [-0.2, -0.15) is 26.3 Å². The van der Waals surface area contributed by atoms with Crippen molar-refractivity contribution in [1.82, 2.24) is 9.97 Å². The molecule has 3 rings (SSSR count). The molecule has 0 saturated heterocycles. The standard InChI is InChI=1S/C15H16BN3O2.C4F6O2/c17-12(9-10-5-7-11(8-6-10)16(20)21)15-18-13-3-1-2-4-14(13)19-15;5-3(6,7)1(11)2(12)4(8,9)10/h1-8,12,20-21H,9,17H2,(H,18,19);/t12-;/m0./s1. The van der Waals surface area contributed by atoms with E-state index >= 15 is 0 Å². The first-order valence-corrected chi connectivity index (χ1v) is 9.08. The zero-order valence-electron chi connectivity index (χ0n) is 16.5. The number of carbonyl (C=O) groups is 2. The molecule has 3 aromatic rings. The molecule has 0 radical (unpaired) electrons. The first-order chi connectivity index (χ1) is 15.2. The zero-order chi connectivity index (χ0) is 25.0. The summed E-state index contributed by atoms with van der Waals surface area (Å²) in [6.45, 7) is 0. The van der Waals surface area contributed by atoms with E-state index in [-0.39, 0.29) is 6.04 Å². The lowest BCUT2D eigenvalue weighted by molar-refractivity contribution is -0.193. The number of ketones is 2. The third-order valence-corrected chi connectivity index (χ3v) is 4.21. The number of benzene rings is 2. The summed E-state index contributed by atoms with van der Waals surface area (Å²) in [5.74, 6) is -6.06. The van der Waals surface area contributed by atoms with Crippen LogP contribution in [0.25, 0.3) is 11.0 Å². The number of para-hydroxylation sites is 2. The highest BCUT2D eigenvalue weighted by atomic mass is 19.4. The van der Waals surface area contributed by atoms with Crippen molar-refractivity contribution in [2.24, 2.45) is 5.73 Å². The summed E-state index contributed by atoms with van der Waals surface area (Å²) >= 11 is 0. The molecule has 1 heterocycles. The number of rotatable bonds is 5. The quantitative estimate of drug-likeness (QED) is 0.253. The van der Waals surface area contributed by atoms with Crippen LogP contribution in [-0.2, 0) is 16.0 Å². The van der Waals surface area contributed by atoms with Gasteiger partial charge in [0.25, 0.3) is 0 Å². The summed E-state index contributed by atoms with van der Waals surface area (Å²) in [6, 6.07) is 14.6. The Morgan fingerprint density at radius 1 is 0.939 bits per heavy atom. The van der Waals surface area contributed by atoms with Gasteiger partial charge in [-0.3, -0.25) is 9.59 Å². The highest BCUT2D eigenvalue weighted by Gasteiger charge is 2.54. The maximum absolute atomic E-state index is 11.2. The SMILES string of the molecule is N[C@@H](Cc1ccc(B(O)O)cc1)c1nc2ccccc2[nH]1.O=C(C(=O)C(F)(F)F)C(F)(F)F. The molecule has 14 heteroatoms. The maximum atomic E-state index is 11.2. The normalized spacial score (nSPS) is 12.6. The van der Waals surface area contributed by atoms with E-state index in [4.69, 9.17) is 15.8 Å². The predicted molar refractivity (Wildman–Crippen MR) is 105 cm³/mol. The van der Waals surface area contributed by atoms with Crippen molar-refractivity contribution in [2.45, 2.75) is 24.8 Å². The number of nitrogens with zero attached hydrogens (tertiary/aromatic N) is 1. The molecule has 0 aliphatic rings. The number of aromatic nitrogens is 2. The van der Waals surface area contributed by atoms with Crippen LogP contribution in [0, 0.1) is 0 Å². The van der Waals surface area contributed by atoms with Gasteiger partial charge < -0.3 is 20.8 Å². The molecule has 0 amide bonds. The van der Waals surface area contributed by atoms with Crippen molar-refractivity contribution in [3.05, 3.63) is 59.9 Å². The van der Waals surface area contributed by atoms with Crippen molar-refractivity contribution in [1.29, 1.82) is 0 Å². The van der Waals surface area contributed by atoms with E-state index in [0.717, 1.165) is 22.4 Å². The topological polar surface area (TPSA) is 129 Å². The van der Waals surface area contributed by atoms with Crippen molar-refractivity contribution in [3.8, 4) is 0 Å². The molecule has 1 aromatic heterocycles. The van der Waals surface area contributed by atoms with Gasteiger partial charge in [0.15, 0.2) is 0 Å². The molecular formula is C19H16BF6N3O4. The summed E-state index contributed by atoms with van der Waals surface area (Å²) in [4.78, 5) is 27.0. The molecular weight excluding hydrogens is 459 g/mol. The van der Waals surface area contributed by atoms with Crippen molar-refractivity contribution in [2.75, 3.05) is 0 Å². The maximum Gasteiger partial charge on any atom is 0.488 e. The summed E-state index contributed by atoms with van der Waals surface area (Å²) in [6.07, 6.45) is -10.9. The van der Waals surface area contributed by atoms with Crippen LogP contribution >= 0.6 is 0 Å². The monoisotopic (exact) mass is 475 g/mol. The molecule has 0 aliphatic carbocycles. The van der Waals surface area contributed by atoms with E-state index in [1.165, 1.54) is 0 Å². The minimum atomic E-state index is -5.77. The number of alkyl halides is 6. The molecule has 0 saturated carbocycles. The second kappa shape index (κ2) is 10.1. The molecule has 0 fully saturated rings. The highest BCUT2D eigenvalue weighted by molar-refractivity contribution is 6.58. The molecule has 0 spiro atoms. The Morgan fingerprint density at radius 2 is 1.45 bits per heavy atom. The van der Waals surface area contributed by atoms with Crippen LogP contribution in [0.4, 0.5) is 26.3 Å². The Morgan fingerprint density at radius 3 is 1.91 bits per heavy atom. The van der Waals surface area contributed by atoms with Gasteiger partial charge in [0.2, 0.25) is 0 Å². The number of nitrogens with two attached hydrogens (primary N) is 1. The van der Waals surface area contributed by atoms with E-state index in [2.05, 4.69) is 9.97 Å². The number of hydrogen-bond donors (Lipinski definition) is 4. The number of halogens is 6. The van der Waals surface area contributed by atoms with Gasteiger partial charge in [-0.15, -0.1) is 0 Å². The molecule has 33 heavy (non-hydrogen) atoms. The molecule has 1 atom stereocenters. The van der Waals surface area contributed by atoms with Crippen molar-refractivity contribution < 1.29 is 46.0 Å². The smallest absolute Gasteiger partial charge is 0.423 e. The van der Waals surface area contributed by atoms with Crippen LogP contribution in [0.5, 0.6) is 0 Å². The van der Waals surface area contributed by atoms with Crippen molar-refractivity contribution in [3.63, 3.8) is 0 Å². The number of nitrogens with one attached hydrogen (secondary N) is 1. The van der Waals surface area contributed by atoms with Gasteiger partial charge in [0.05, 0.1) is 17.1 Å². The fraction of sp³-hybridized carbons (Fsp3) is 0.211. The van der Waals surface area contributed by atoms with Gasteiger partial charge in [-0.25, -0.2) is 4.98 Å². The van der Waals surface area contributed by atoms with Crippen LogP contribution in [0.3, 0.4) is 0 Å². The van der Waals surface area contributed by atoms with Gasteiger partial charge in [0, 0.05) is 0 Å². The van der Waals surface area contributed by atoms with Gasteiger partial charge >= 0.3 is 31.0 Å². The third kappa shape index (κ3) is 7.13. The summed E-state index contributed by atoms with van der Waals surface area (Å²) < 4.78 is 67.0. The highest BCUT2D eigenvalue weighted by Crippen LogP contribution is 2.24. The molecule has 0 aliphatic heterocycles. The molecule has 5 N–H and O–H groups in total. The number of H-pyrrole nitrogens is 1.